The second-order valence-electron chi connectivity index (χ2n) is 4.75. The average Bonchev–Trinajstić information content (AvgIpc) is 2.74. The fourth-order valence-electron chi connectivity index (χ4n) is 2.41. The van der Waals surface area contributed by atoms with E-state index in [0.717, 1.165) is 31.7 Å². The third-order valence-corrected chi connectivity index (χ3v) is 3.92. The Morgan fingerprint density at radius 3 is 2.24 bits per heavy atom. The van der Waals surface area contributed by atoms with Crippen LogP contribution in [0.4, 0.5) is 8.78 Å². The van der Waals surface area contributed by atoms with Crippen LogP contribution in [0.15, 0.2) is 18.2 Å². The molecule has 2 rings (SSSR count). The normalized spacial score (nSPS) is 18.5. The van der Waals surface area contributed by atoms with E-state index in [1.165, 1.54) is 12.1 Å². The molecular formula is C13H16ClF2N. The molecule has 0 saturated heterocycles. The SMILES string of the molecule is Fc1cc(F)cc(CNC2(CCl)CCCC2)c1. The molecular weight excluding hydrogens is 244 g/mol. The van der Waals surface area contributed by atoms with Gasteiger partial charge >= 0.3 is 0 Å². The number of hydrogen-bond donors (Lipinski definition) is 1. The highest BCUT2D eigenvalue weighted by molar-refractivity contribution is 6.18. The lowest BCUT2D eigenvalue weighted by molar-refractivity contribution is 0.367. The highest BCUT2D eigenvalue weighted by Crippen LogP contribution is 2.31. The number of hydrogen-bond acceptors (Lipinski definition) is 1. The number of benzene rings is 1. The van der Waals surface area contributed by atoms with E-state index in [2.05, 4.69) is 5.32 Å². The third kappa shape index (κ3) is 3.17. The summed E-state index contributed by atoms with van der Waals surface area (Å²) < 4.78 is 26.0. The lowest BCUT2D eigenvalue weighted by Crippen LogP contribution is -2.43. The molecule has 1 nitrogen and oxygen atoms in total. The maximum atomic E-state index is 13.0. The molecule has 1 N–H and O–H groups in total. The molecule has 0 radical (unpaired) electrons. The van der Waals surface area contributed by atoms with E-state index < -0.39 is 11.6 Å². The molecule has 0 spiro atoms. The van der Waals surface area contributed by atoms with Crippen molar-refractivity contribution >= 4 is 11.6 Å². The molecule has 1 saturated carbocycles. The first-order chi connectivity index (χ1) is 8.13. The minimum Gasteiger partial charge on any atom is -0.306 e. The molecule has 1 aromatic carbocycles. The maximum Gasteiger partial charge on any atom is 0.126 e. The van der Waals surface area contributed by atoms with Gasteiger partial charge in [0.25, 0.3) is 0 Å². The van der Waals surface area contributed by atoms with E-state index >= 15 is 0 Å². The van der Waals surface area contributed by atoms with Crippen LogP contribution in [0, 0.1) is 11.6 Å². The van der Waals surface area contributed by atoms with Crippen molar-refractivity contribution in [2.45, 2.75) is 37.8 Å². The molecule has 94 valence electrons. The molecule has 1 fully saturated rings. The van der Waals surface area contributed by atoms with Gasteiger partial charge in [0.1, 0.15) is 11.6 Å². The van der Waals surface area contributed by atoms with Crippen molar-refractivity contribution in [2.75, 3.05) is 5.88 Å². The second kappa shape index (κ2) is 5.32. The topological polar surface area (TPSA) is 12.0 Å². The molecule has 0 unspecified atom stereocenters. The van der Waals surface area contributed by atoms with Crippen LogP contribution in [0.3, 0.4) is 0 Å². The summed E-state index contributed by atoms with van der Waals surface area (Å²) in [6.45, 7) is 0.460. The molecule has 0 atom stereocenters. The Bertz CT molecular complexity index is 369. The Kier molecular flexibility index (Phi) is 4.00. The van der Waals surface area contributed by atoms with Crippen LogP contribution in [-0.2, 0) is 6.54 Å². The Morgan fingerprint density at radius 1 is 1.12 bits per heavy atom. The minimum atomic E-state index is -0.534. The van der Waals surface area contributed by atoms with E-state index in [-0.39, 0.29) is 5.54 Å². The molecule has 1 aliphatic rings. The summed E-state index contributed by atoms with van der Waals surface area (Å²) in [5.74, 6) is -0.522. The predicted molar refractivity (Wildman–Crippen MR) is 65.1 cm³/mol. The number of nitrogens with one attached hydrogen (secondary N) is 1. The quantitative estimate of drug-likeness (QED) is 0.815. The van der Waals surface area contributed by atoms with Gasteiger partial charge in [0.2, 0.25) is 0 Å². The van der Waals surface area contributed by atoms with Gasteiger partial charge < -0.3 is 5.32 Å². The van der Waals surface area contributed by atoms with Crippen LogP contribution in [0.5, 0.6) is 0 Å². The summed E-state index contributed by atoms with van der Waals surface area (Å²) in [5.41, 5.74) is 0.573. The van der Waals surface area contributed by atoms with E-state index in [0.29, 0.717) is 18.0 Å². The standard InChI is InChI=1S/C13H16ClF2N/c14-9-13(3-1-2-4-13)17-8-10-5-11(15)7-12(16)6-10/h5-7,17H,1-4,8-9H2. The van der Waals surface area contributed by atoms with Crippen LogP contribution in [0.2, 0.25) is 0 Å². The Balaban J connectivity index is 2.01. The van der Waals surface area contributed by atoms with Crippen LogP contribution < -0.4 is 5.32 Å². The van der Waals surface area contributed by atoms with Crippen LogP contribution in [0.1, 0.15) is 31.2 Å². The van der Waals surface area contributed by atoms with Crippen molar-refractivity contribution in [1.82, 2.24) is 5.32 Å². The van der Waals surface area contributed by atoms with E-state index in [1.807, 2.05) is 0 Å². The Morgan fingerprint density at radius 2 is 1.71 bits per heavy atom. The highest BCUT2D eigenvalue weighted by Gasteiger charge is 2.32. The molecule has 0 amide bonds. The molecule has 0 aliphatic heterocycles. The zero-order valence-electron chi connectivity index (χ0n) is 9.61. The van der Waals surface area contributed by atoms with Crippen molar-refractivity contribution in [3.8, 4) is 0 Å². The van der Waals surface area contributed by atoms with Gasteiger partial charge in [0.15, 0.2) is 0 Å². The van der Waals surface area contributed by atoms with Gasteiger partial charge in [0, 0.05) is 24.0 Å². The van der Waals surface area contributed by atoms with Gasteiger partial charge in [-0.15, -0.1) is 11.6 Å². The fraction of sp³-hybridized carbons (Fsp3) is 0.538. The largest absolute Gasteiger partial charge is 0.306 e. The smallest absolute Gasteiger partial charge is 0.126 e. The van der Waals surface area contributed by atoms with Crippen LogP contribution in [-0.4, -0.2) is 11.4 Å². The molecule has 4 heteroatoms. The second-order valence-corrected chi connectivity index (χ2v) is 5.02. The number of alkyl halides is 1. The fourth-order valence-corrected chi connectivity index (χ4v) is 2.77. The first-order valence-electron chi connectivity index (χ1n) is 5.90. The van der Waals surface area contributed by atoms with Crippen LogP contribution >= 0.6 is 11.6 Å². The third-order valence-electron chi connectivity index (χ3n) is 3.41. The predicted octanol–water partition coefficient (Wildman–Crippen LogP) is 3.61. The molecule has 1 aliphatic carbocycles. The van der Waals surface area contributed by atoms with Crippen molar-refractivity contribution in [2.24, 2.45) is 0 Å². The van der Waals surface area contributed by atoms with Crippen molar-refractivity contribution < 1.29 is 8.78 Å². The van der Waals surface area contributed by atoms with Crippen LogP contribution in [0.25, 0.3) is 0 Å². The lowest BCUT2D eigenvalue weighted by Gasteiger charge is -2.28. The summed E-state index contributed by atoms with van der Waals surface area (Å²) in [6, 6.07) is 3.59. The van der Waals surface area contributed by atoms with Gasteiger partial charge in [-0.1, -0.05) is 12.8 Å². The zero-order chi connectivity index (χ0) is 12.3. The average molecular weight is 260 g/mol. The monoisotopic (exact) mass is 259 g/mol. The number of rotatable bonds is 4. The van der Waals surface area contributed by atoms with Crippen molar-refractivity contribution in [1.29, 1.82) is 0 Å². The first-order valence-corrected chi connectivity index (χ1v) is 6.43. The zero-order valence-corrected chi connectivity index (χ0v) is 10.4. The van der Waals surface area contributed by atoms with Gasteiger partial charge in [-0.25, -0.2) is 8.78 Å². The minimum absolute atomic E-state index is 0.0512. The van der Waals surface area contributed by atoms with E-state index in [1.54, 1.807) is 0 Å². The van der Waals surface area contributed by atoms with E-state index in [4.69, 9.17) is 11.6 Å². The summed E-state index contributed by atoms with van der Waals surface area (Å²) in [4.78, 5) is 0. The summed E-state index contributed by atoms with van der Waals surface area (Å²) in [7, 11) is 0. The first kappa shape index (κ1) is 12.8. The maximum absolute atomic E-state index is 13.0. The van der Waals surface area contributed by atoms with E-state index in [9.17, 15) is 8.78 Å². The summed E-state index contributed by atoms with van der Waals surface area (Å²) in [5, 5.41) is 3.35. The Labute approximate surface area is 105 Å². The molecule has 0 aromatic heterocycles. The van der Waals surface area contributed by atoms with Gasteiger partial charge in [-0.05, 0) is 30.5 Å². The van der Waals surface area contributed by atoms with Gasteiger partial charge in [0.05, 0.1) is 0 Å². The lowest BCUT2D eigenvalue weighted by atomic mass is 10.00. The summed E-state index contributed by atoms with van der Waals surface area (Å²) in [6.07, 6.45) is 4.40. The molecule has 1 aromatic rings. The van der Waals surface area contributed by atoms with Gasteiger partial charge in [-0.2, -0.15) is 0 Å². The summed E-state index contributed by atoms with van der Waals surface area (Å²) >= 11 is 5.98. The molecule has 0 bridgehead atoms. The highest BCUT2D eigenvalue weighted by atomic mass is 35.5. The number of halogens is 3. The molecule has 17 heavy (non-hydrogen) atoms. The van der Waals surface area contributed by atoms with Gasteiger partial charge in [-0.3, -0.25) is 0 Å². The van der Waals surface area contributed by atoms with Crippen molar-refractivity contribution in [3.05, 3.63) is 35.4 Å². The molecule has 0 heterocycles. The van der Waals surface area contributed by atoms with Crippen molar-refractivity contribution in [3.63, 3.8) is 0 Å². The Hall–Kier alpha value is -0.670.